The van der Waals surface area contributed by atoms with E-state index >= 15 is 0 Å². The molecular formula is C14H15FN4O2. The highest BCUT2D eigenvalue weighted by molar-refractivity contribution is 5.95. The summed E-state index contributed by atoms with van der Waals surface area (Å²) < 4.78 is 20.7. The van der Waals surface area contributed by atoms with Gasteiger partial charge in [0.15, 0.2) is 5.82 Å². The standard InChI is InChI=1S/C14H15FN4O2/c15-11-8-10(2-3-13(11)19-6-1-4-17-19)18-14(20)12-9-21-7-5-16-12/h1-4,6,8,12,16H,5,7,9H2,(H,18,20). The van der Waals surface area contributed by atoms with Crippen molar-refractivity contribution in [1.82, 2.24) is 15.1 Å². The van der Waals surface area contributed by atoms with Crippen LogP contribution >= 0.6 is 0 Å². The van der Waals surface area contributed by atoms with Crippen LogP contribution in [0, 0.1) is 5.82 Å². The molecule has 1 saturated heterocycles. The Kier molecular flexibility index (Phi) is 3.94. The Morgan fingerprint density at radius 1 is 1.52 bits per heavy atom. The number of carbonyl (C=O) groups excluding carboxylic acids is 1. The van der Waals surface area contributed by atoms with Crippen LogP contribution in [0.25, 0.3) is 5.69 Å². The van der Waals surface area contributed by atoms with E-state index in [1.165, 1.54) is 10.7 Å². The van der Waals surface area contributed by atoms with Gasteiger partial charge in [-0.15, -0.1) is 0 Å². The Bertz CT molecular complexity index is 624. The maximum Gasteiger partial charge on any atom is 0.243 e. The van der Waals surface area contributed by atoms with Gasteiger partial charge in [0, 0.05) is 24.6 Å². The van der Waals surface area contributed by atoms with Crippen molar-refractivity contribution in [2.24, 2.45) is 0 Å². The molecule has 1 amide bonds. The molecule has 2 N–H and O–H groups in total. The molecule has 21 heavy (non-hydrogen) atoms. The number of benzene rings is 1. The average Bonchev–Trinajstić information content (AvgIpc) is 3.02. The fourth-order valence-corrected chi connectivity index (χ4v) is 2.14. The number of amides is 1. The molecule has 1 aliphatic heterocycles. The quantitative estimate of drug-likeness (QED) is 0.883. The van der Waals surface area contributed by atoms with E-state index in [2.05, 4.69) is 15.7 Å². The fourth-order valence-electron chi connectivity index (χ4n) is 2.14. The molecule has 0 spiro atoms. The Morgan fingerprint density at radius 3 is 3.10 bits per heavy atom. The molecule has 1 atom stereocenters. The molecule has 1 fully saturated rings. The topological polar surface area (TPSA) is 68.2 Å². The predicted octanol–water partition coefficient (Wildman–Crippen LogP) is 0.938. The van der Waals surface area contributed by atoms with E-state index in [1.807, 2.05) is 0 Å². The van der Waals surface area contributed by atoms with Crippen molar-refractivity contribution in [3.8, 4) is 5.69 Å². The first-order valence-corrected chi connectivity index (χ1v) is 6.65. The first-order valence-electron chi connectivity index (χ1n) is 6.65. The lowest BCUT2D eigenvalue weighted by molar-refractivity contribution is -0.120. The van der Waals surface area contributed by atoms with Gasteiger partial charge in [-0.1, -0.05) is 0 Å². The molecule has 1 aromatic carbocycles. The van der Waals surface area contributed by atoms with Crippen molar-refractivity contribution in [3.63, 3.8) is 0 Å². The van der Waals surface area contributed by atoms with Crippen molar-refractivity contribution >= 4 is 11.6 Å². The van der Waals surface area contributed by atoms with E-state index in [0.29, 0.717) is 31.1 Å². The summed E-state index contributed by atoms with van der Waals surface area (Å²) in [5.41, 5.74) is 0.734. The van der Waals surface area contributed by atoms with E-state index < -0.39 is 11.9 Å². The lowest BCUT2D eigenvalue weighted by atomic mass is 10.2. The molecule has 2 aromatic rings. The van der Waals surface area contributed by atoms with Crippen LogP contribution in [-0.2, 0) is 9.53 Å². The van der Waals surface area contributed by atoms with Crippen LogP contribution in [0.15, 0.2) is 36.7 Å². The highest BCUT2D eigenvalue weighted by Gasteiger charge is 2.21. The molecule has 110 valence electrons. The monoisotopic (exact) mass is 290 g/mol. The van der Waals surface area contributed by atoms with Gasteiger partial charge in [-0.05, 0) is 24.3 Å². The molecule has 0 bridgehead atoms. The number of halogens is 1. The first-order chi connectivity index (χ1) is 10.2. The van der Waals surface area contributed by atoms with Gasteiger partial charge in [0.1, 0.15) is 11.7 Å². The van der Waals surface area contributed by atoms with Crippen LogP contribution in [-0.4, -0.2) is 41.5 Å². The minimum atomic E-state index is -0.454. The summed E-state index contributed by atoms with van der Waals surface area (Å²) >= 11 is 0. The molecule has 1 aromatic heterocycles. The minimum Gasteiger partial charge on any atom is -0.378 e. The molecule has 0 radical (unpaired) electrons. The van der Waals surface area contributed by atoms with Crippen LogP contribution in [0.2, 0.25) is 0 Å². The summed E-state index contributed by atoms with van der Waals surface area (Å²) in [6.45, 7) is 1.54. The van der Waals surface area contributed by atoms with Crippen molar-refractivity contribution < 1.29 is 13.9 Å². The van der Waals surface area contributed by atoms with E-state index in [1.54, 1.807) is 30.6 Å². The second-order valence-electron chi connectivity index (χ2n) is 4.69. The highest BCUT2D eigenvalue weighted by atomic mass is 19.1. The first kappa shape index (κ1) is 13.7. The molecule has 0 aliphatic carbocycles. The van der Waals surface area contributed by atoms with Crippen LogP contribution < -0.4 is 10.6 Å². The van der Waals surface area contributed by atoms with E-state index in [9.17, 15) is 9.18 Å². The Labute approximate surface area is 120 Å². The normalized spacial score (nSPS) is 18.4. The number of anilines is 1. The lowest BCUT2D eigenvalue weighted by Gasteiger charge is -2.22. The third-order valence-corrected chi connectivity index (χ3v) is 3.20. The van der Waals surface area contributed by atoms with Crippen molar-refractivity contribution in [2.75, 3.05) is 25.1 Å². The molecular weight excluding hydrogens is 275 g/mol. The van der Waals surface area contributed by atoms with Gasteiger partial charge in [-0.2, -0.15) is 5.10 Å². The van der Waals surface area contributed by atoms with E-state index in [-0.39, 0.29) is 5.91 Å². The van der Waals surface area contributed by atoms with Gasteiger partial charge < -0.3 is 15.4 Å². The fraction of sp³-hybridized carbons (Fsp3) is 0.286. The van der Waals surface area contributed by atoms with Gasteiger partial charge in [-0.3, -0.25) is 4.79 Å². The third-order valence-electron chi connectivity index (χ3n) is 3.20. The number of nitrogens with zero attached hydrogens (tertiary/aromatic N) is 2. The highest BCUT2D eigenvalue weighted by Crippen LogP contribution is 2.17. The van der Waals surface area contributed by atoms with E-state index in [4.69, 9.17) is 4.74 Å². The largest absolute Gasteiger partial charge is 0.378 e. The van der Waals surface area contributed by atoms with Crippen molar-refractivity contribution in [3.05, 3.63) is 42.5 Å². The number of hydrogen-bond acceptors (Lipinski definition) is 4. The van der Waals surface area contributed by atoms with Crippen LogP contribution in [0.3, 0.4) is 0 Å². The second-order valence-corrected chi connectivity index (χ2v) is 4.69. The number of hydrogen-bond donors (Lipinski definition) is 2. The number of rotatable bonds is 3. The maximum absolute atomic E-state index is 14.1. The predicted molar refractivity (Wildman–Crippen MR) is 74.8 cm³/mol. The molecule has 1 unspecified atom stereocenters. The van der Waals surface area contributed by atoms with Gasteiger partial charge in [0.25, 0.3) is 0 Å². The minimum absolute atomic E-state index is 0.235. The Hall–Kier alpha value is -2.25. The average molecular weight is 290 g/mol. The zero-order chi connectivity index (χ0) is 14.7. The summed E-state index contributed by atoms with van der Waals surface area (Å²) in [4.78, 5) is 12.0. The van der Waals surface area contributed by atoms with Gasteiger partial charge in [-0.25, -0.2) is 9.07 Å². The molecule has 2 heterocycles. The summed E-state index contributed by atoms with van der Waals surface area (Å²) in [5, 5.41) is 9.69. The molecule has 1 aliphatic rings. The number of morpholine rings is 1. The van der Waals surface area contributed by atoms with Crippen LogP contribution in [0.1, 0.15) is 0 Å². The van der Waals surface area contributed by atoms with Crippen molar-refractivity contribution in [1.29, 1.82) is 0 Å². The van der Waals surface area contributed by atoms with Gasteiger partial charge in [0.05, 0.1) is 13.2 Å². The van der Waals surface area contributed by atoms with Gasteiger partial charge in [0.2, 0.25) is 5.91 Å². The SMILES string of the molecule is O=C(Nc1ccc(-n2cccn2)c(F)c1)C1COCCN1. The number of aromatic nitrogens is 2. The Balaban J connectivity index is 1.72. The summed E-state index contributed by atoms with van der Waals surface area (Å²) in [7, 11) is 0. The molecule has 0 saturated carbocycles. The number of ether oxygens (including phenoxy) is 1. The van der Waals surface area contributed by atoms with Crippen LogP contribution in [0.5, 0.6) is 0 Å². The molecule has 3 rings (SSSR count). The third kappa shape index (κ3) is 3.09. The summed E-state index contributed by atoms with van der Waals surface area (Å²) in [5.74, 6) is -0.690. The zero-order valence-corrected chi connectivity index (χ0v) is 11.3. The summed E-state index contributed by atoms with van der Waals surface area (Å²) in [6, 6.07) is 5.79. The second kappa shape index (κ2) is 6.02. The smallest absolute Gasteiger partial charge is 0.243 e. The number of nitrogens with one attached hydrogen (secondary N) is 2. The van der Waals surface area contributed by atoms with E-state index in [0.717, 1.165) is 0 Å². The maximum atomic E-state index is 14.1. The Morgan fingerprint density at radius 2 is 2.43 bits per heavy atom. The molecule has 7 heteroatoms. The zero-order valence-electron chi connectivity index (χ0n) is 11.3. The lowest BCUT2D eigenvalue weighted by Crippen LogP contribution is -2.48. The van der Waals surface area contributed by atoms with Gasteiger partial charge >= 0.3 is 0 Å². The summed E-state index contributed by atoms with van der Waals surface area (Å²) in [6.07, 6.45) is 3.23. The molecule has 6 nitrogen and oxygen atoms in total. The number of carbonyl (C=O) groups is 1. The van der Waals surface area contributed by atoms with Crippen molar-refractivity contribution in [2.45, 2.75) is 6.04 Å². The van der Waals surface area contributed by atoms with Crippen LogP contribution in [0.4, 0.5) is 10.1 Å².